The molecule has 0 radical (unpaired) electrons. The monoisotopic (exact) mass is 365 g/mol. The first-order chi connectivity index (χ1) is 13.7. The van der Waals surface area contributed by atoms with E-state index in [1.54, 1.807) is 6.07 Å². The Morgan fingerprint density at radius 1 is 0.893 bits per heavy atom. The fourth-order valence-corrected chi connectivity index (χ4v) is 4.72. The highest BCUT2D eigenvalue weighted by Crippen LogP contribution is 2.46. The van der Waals surface area contributed by atoms with Crippen molar-refractivity contribution in [2.24, 2.45) is 5.41 Å². The Bertz CT molecular complexity index is 1120. The predicted molar refractivity (Wildman–Crippen MR) is 106 cm³/mol. The molecule has 4 heteroatoms. The summed E-state index contributed by atoms with van der Waals surface area (Å²) in [5, 5.41) is 17.2. The number of nitrogens with zero attached hydrogens (tertiary/aromatic N) is 3. The molecule has 0 saturated heterocycles. The number of Topliss-reactive ketones (excluding diaryl/α,β-unsaturated/α-hetero) is 1. The minimum absolute atomic E-state index is 0.273. The first-order valence-electron chi connectivity index (χ1n) is 9.65. The van der Waals surface area contributed by atoms with Gasteiger partial charge in [-0.25, -0.2) is 0 Å². The van der Waals surface area contributed by atoms with Gasteiger partial charge in [0.2, 0.25) is 0 Å². The lowest BCUT2D eigenvalue weighted by Gasteiger charge is -2.25. The number of fused-ring (bicyclic) bond motifs is 2. The number of benzene rings is 2. The largest absolute Gasteiger partial charge is 0.294 e. The van der Waals surface area contributed by atoms with Crippen molar-refractivity contribution in [2.45, 2.75) is 32.1 Å². The molecule has 3 aromatic rings. The Labute approximate surface area is 163 Å². The van der Waals surface area contributed by atoms with Crippen LogP contribution in [0.4, 0.5) is 0 Å². The van der Waals surface area contributed by atoms with E-state index in [4.69, 9.17) is 5.26 Å². The number of ketones is 1. The average molecular weight is 365 g/mol. The smallest absolute Gasteiger partial charge is 0.169 e. The quantitative estimate of drug-likeness (QED) is 0.644. The van der Waals surface area contributed by atoms with E-state index < -0.39 is 0 Å². The Kier molecular flexibility index (Phi) is 3.84. The third-order valence-electron chi connectivity index (χ3n) is 6.34. The maximum atomic E-state index is 13.5. The zero-order chi connectivity index (χ0) is 19.1. The van der Waals surface area contributed by atoms with E-state index >= 15 is 0 Å². The summed E-state index contributed by atoms with van der Waals surface area (Å²) in [6, 6.07) is 15.9. The number of carbonyl (C=O) groups is 1. The SMILES string of the molecule is N#Cc1cccc(-c2ccc3c(c2)C(=O)C2(CCc4cnncc4CC2)C3)c1. The molecular formula is C24H19N3O. The van der Waals surface area contributed by atoms with Crippen LogP contribution in [0.3, 0.4) is 0 Å². The molecule has 5 rings (SSSR count). The van der Waals surface area contributed by atoms with Gasteiger partial charge in [0.1, 0.15) is 0 Å². The van der Waals surface area contributed by atoms with E-state index in [0.717, 1.165) is 54.4 Å². The lowest BCUT2D eigenvalue weighted by atomic mass is 9.76. The van der Waals surface area contributed by atoms with Crippen molar-refractivity contribution >= 4 is 5.78 Å². The van der Waals surface area contributed by atoms with Gasteiger partial charge in [-0.15, -0.1) is 0 Å². The number of aryl methyl sites for hydroxylation is 2. The van der Waals surface area contributed by atoms with Crippen LogP contribution in [0.2, 0.25) is 0 Å². The maximum Gasteiger partial charge on any atom is 0.169 e. The molecule has 136 valence electrons. The van der Waals surface area contributed by atoms with E-state index in [1.165, 1.54) is 11.1 Å². The summed E-state index contributed by atoms with van der Waals surface area (Å²) < 4.78 is 0. The van der Waals surface area contributed by atoms with Crippen molar-refractivity contribution in [3.63, 3.8) is 0 Å². The van der Waals surface area contributed by atoms with Gasteiger partial charge < -0.3 is 0 Å². The highest BCUT2D eigenvalue weighted by Gasteiger charge is 2.45. The summed E-state index contributed by atoms with van der Waals surface area (Å²) in [5.74, 6) is 0.273. The molecule has 0 saturated carbocycles. The van der Waals surface area contributed by atoms with Crippen LogP contribution in [0.5, 0.6) is 0 Å². The molecule has 0 atom stereocenters. The van der Waals surface area contributed by atoms with Gasteiger partial charge in [-0.1, -0.05) is 24.3 Å². The summed E-state index contributed by atoms with van der Waals surface area (Å²) in [4.78, 5) is 13.5. The van der Waals surface area contributed by atoms with Gasteiger partial charge in [-0.3, -0.25) is 4.79 Å². The number of carbonyl (C=O) groups excluding carboxylic acids is 1. The molecule has 2 aromatic carbocycles. The normalized spacial score (nSPS) is 16.9. The topological polar surface area (TPSA) is 66.6 Å². The Morgan fingerprint density at radius 3 is 2.32 bits per heavy atom. The number of hydrogen-bond donors (Lipinski definition) is 0. The summed E-state index contributed by atoms with van der Waals surface area (Å²) in [7, 11) is 0. The molecule has 0 unspecified atom stereocenters. The predicted octanol–water partition coefficient (Wildman–Crippen LogP) is 4.32. The number of aromatic nitrogens is 2. The van der Waals surface area contributed by atoms with E-state index in [0.29, 0.717) is 5.56 Å². The fourth-order valence-electron chi connectivity index (χ4n) is 4.72. The number of hydrogen-bond acceptors (Lipinski definition) is 4. The van der Waals surface area contributed by atoms with E-state index in [1.807, 2.05) is 36.7 Å². The molecule has 0 fully saturated rings. The van der Waals surface area contributed by atoms with Gasteiger partial charge in [0, 0.05) is 11.0 Å². The second kappa shape index (κ2) is 6.38. The van der Waals surface area contributed by atoms with Crippen LogP contribution in [-0.4, -0.2) is 16.0 Å². The second-order valence-corrected chi connectivity index (χ2v) is 7.89. The van der Waals surface area contributed by atoms with E-state index in [-0.39, 0.29) is 11.2 Å². The fraction of sp³-hybridized carbons (Fsp3) is 0.250. The average Bonchev–Trinajstić information content (AvgIpc) is 2.89. The summed E-state index contributed by atoms with van der Waals surface area (Å²) >= 11 is 0. The third kappa shape index (κ3) is 2.63. The molecule has 4 nitrogen and oxygen atoms in total. The van der Waals surface area contributed by atoms with Crippen molar-refractivity contribution in [1.82, 2.24) is 10.2 Å². The molecular weight excluding hydrogens is 346 g/mol. The van der Waals surface area contributed by atoms with Gasteiger partial charge >= 0.3 is 0 Å². The lowest BCUT2D eigenvalue weighted by molar-refractivity contribution is 0.0794. The van der Waals surface area contributed by atoms with Crippen molar-refractivity contribution < 1.29 is 4.79 Å². The molecule has 2 aliphatic carbocycles. The summed E-state index contributed by atoms with van der Waals surface area (Å²) in [5.41, 5.74) is 6.73. The molecule has 0 N–H and O–H groups in total. The zero-order valence-corrected chi connectivity index (χ0v) is 15.5. The van der Waals surface area contributed by atoms with Crippen LogP contribution < -0.4 is 0 Å². The van der Waals surface area contributed by atoms with Gasteiger partial charge in [-0.2, -0.15) is 15.5 Å². The Morgan fingerprint density at radius 2 is 1.61 bits per heavy atom. The minimum Gasteiger partial charge on any atom is -0.294 e. The van der Waals surface area contributed by atoms with Gasteiger partial charge in [0.05, 0.1) is 24.0 Å². The number of rotatable bonds is 1. The van der Waals surface area contributed by atoms with Gasteiger partial charge in [0.25, 0.3) is 0 Å². The molecule has 1 heterocycles. The third-order valence-corrected chi connectivity index (χ3v) is 6.34. The molecule has 1 spiro atoms. The molecule has 0 aliphatic heterocycles. The van der Waals surface area contributed by atoms with Gasteiger partial charge in [0.15, 0.2) is 5.78 Å². The molecule has 28 heavy (non-hydrogen) atoms. The molecule has 0 bridgehead atoms. The van der Waals surface area contributed by atoms with Crippen molar-refractivity contribution in [3.8, 4) is 17.2 Å². The first kappa shape index (κ1) is 16.8. The lowest BCUT2D eigenvalue weighted by Crippen LogP contribution is -2.28. The second-order valence-electron chi connectivity index (χ2n) is 7.89. The maximum absolute atomic E-state index is 13.5. The van der Waals surface area contributed by atoms with Crippen molar-refractivity contribution in [3.05, 3.63) is 82.7 Å². The number of nitriles is 1. The molecule has 1 aromatic heterocycles. The van der Waals surface area contributed by atoms with Crippen LogP contribution in [0, 0.1) is 16.7 Å². The highest BCUT2D eigenvalue weighted by atomic mass is 16.1. The van der Waals surface area contributed by atoms with Crippen LogP contribution >= 0.6 is 0 Å². The van der Waals surface area contributed by atoms with Crippen LogP contribution in [0.15, 0.2) is 54.9 Å². The molecule has 2 aliphatic rings. The summed E-state index contributed by atoms with van der Waals surface area (Å²) in [6.45, 7) is 0. The molecule has 0 amide bonds. The Hall–Kier alpha value is -3.32. The highest BCUT2D eigenvalue weighted by molar-refractivity contribution is 6.05. The van der Waals surface area contributed by atoms with Crippen LogP contribution in [0.25, 0.3) is 11.1 Å². The standard InChI is InChI=1S/C24H19N3O/c25-13-16-2-1-3-17(10-16)18-4-5-19-12-24(23(28)22(19)11-18)8-6-20-14-26-27-15-21(20)7-9-24/h1-5,10-11,14-15H,6-9,12H2. The van der Waals surface area contributed by atoms with Crippen LogP contribution in [-0.2, 0) is 19.3 Å². The van der Waals surface area contributed by atoms with Crippen molar-refractivity contribution in [1.29, 1.82) is 5.26 Å². The van der Waals surface area contributed by atoms with Crippen LogP contribution in [0.1, 0.15) is 45.5 Å². The summed E-state index contributed by atoms with van der Waals surface area (Å²) in [6.07, 6.45) is 7.98. The van der Waals surface area contributed by atoms with E-state index in [9.17, 15) is 4.79 Å². The zero-order valence-electron chi connectivity index (χ0n) is 15.5. The minimum atomic E-state index is -0.311. The van der Waals surface area contributed by atoms with Gasteiger partial charge in [-0.05, 0) is 78.1 Å². The first-order valence-corrected chi connectivity index (χ1v) is 9.65. The Balaban J connectivity index is 1.49. The van der Waals surface area contributed by atoms with Crippen molar-refractivity contribution in [2.75, 3.05) is 0 Å². The van der Waals surface area contributed by atoms with E-state index in [2.05, 4.69) is 28.4 Å².